The maximum absolute atomic E-state index is 13.5. The molecule has 0 unspecified atom stereocenters. The molecule has 0 saturated carbocycles. The molecule has 3 rings (SSSR count). The molecule has 0 heterocycles. The second kappa shape index (κ2) is 11.9. The van der Waals surface area contributed by atoms with Gasteiger partial charge in [-0.2, -0.15) is 5.10 Å². The largest absolute Gasteiger partial charge is 0.495 e. The van der Waals surface area contributed by atoms with Crippen molar-refractivity contribution in [2.24, 2.45) is 5.10 Å². The molecule has 0 fully saturated rings. The van der Waals surface area contributed by atoms with E-state index in [1.165, 1.54) is 43.7 Å². The van der Waals surface area contributed by atoms with Gasteiger partial charge in [-0.15, -0.1) is 0 Å². The highest BCUT2D eigenvalue weighted by molar-refractivity contribution is 7.92. The van der Waals surface area contributed by atoms with Crippen molar-refractivity contribution in [2.75, 3.05) is 18.0 Å². The van der Waals surface area contributed by atoms with Crippen LogP contribution in [0.3, 0.4) is 0 Å². The van der Waals surface area contributed by atoms with Crippen LogP contribution in [0.2, 0.25) is 5.02 Å². The van der Waals surface area contributed by atoms with Crippen LogP contribution >= 0.6 is 11.6 Å². The van der Waals surface area contributed by atoms with Gasteiger partial charge in [-0.3, -0.25) is 9.10 Å². The fourth-order valence-corrected chi connectivity index (χ4v) is 4.88. The summed E-state index contributed by atoms with van der Waals surface area (Å²) in [6, 6.07) is 18.0. The van der Waals surface area contributed by atoms with Gasteiger partial charge in [0.1, 0.15) is 18.0 Å². The van der Waals surface area contributed by atoms with Crippen LogP contribution in [0.5, 0.6) is 11.5 Å². The Morgan fingerprint density at radius 3 is 2.33 bits per heavy atom. The van der Waals surface area contributed by atoms with E-state index in [2.05, 4.69) is 10.5 Å². The van der Waals surface area contributed by atoms with E-state index >= 15 is 0 Å². The van der Waals surface area contributed by atoms with Gasteiger partial charge in [-0.1, -0.05) is 29.3 Å². The zero-order valence-electron chi connectivity index (χ0n) is 20.4. The number of nitrogens with zero attached hydrogens (tertiary/aromatic N) is 2. The molecular weight excluding hydrogens is 502 g/mol. The molecule has 10 heteroatoms. The molecule has 0 bridgehead atoms. The Kier molecular flexibility index (Phi) is 8.95. The van der Waals surface area contributed by atoms with Crippen LogP contribution in [-0.4, -0.2) is 40.3 Å². The Balaban J connectivity index is 1.81. The highest BCUT2D eigenvalue weighted by Gasteiger charge is 2.27. The zero-order valence-corrected chi connectivity index (χ0v) is 22.0. The van der Waals surface area contributed by atoms with Crippen LogP contribution in [0.25, 0.3) is 0 Å². The number of benzene rings is 3. The molecule has 1 amide bonds. The number of rotatable bonds is 10. The van der Waals surface area contributed by atoms with E-state index in [0.29, 0.717) is 5.75 Å². The van der Waals surface area contributed by atoms with Crippen molar-refractivity contribution in [3.8, 4) is 11.5 Å². The number of anilines is 1. The molecule has 0 aromatic heterocycles. The molecule has 0 aliphatic carbocycles. The topological polar surface area (TPSA) is 97.3 Å². The second-order valence-corrected chi connectivity index (χ2v) is 10.4. The fourth-order valence-electron chi connectivity index (χ4n) is 3.21. The van der Waals surface area contributed by atoms with E-state index in [1.807, 2.05) is 20.8 Å². The van der Waals surface area contributed by atoms with E-state index in [-0.39, 0.29) is 21.7 Å². The monoisotopic (exact) mass is 529 g/mol. The summed E-state index contributed by atoms with van der Waals surface area (Å²) < 4.78 is 38.7. The molecule has 0 saturated heterocycles. The maximum atomic E-state index is 13.5. The SMILES string of the molecule is COc1ccc(N(CC(=O)N/N=C\c2ccc(OC(C)C)cc2)S(=O)(=O)c2ccc(C)cc2)cc1Cl. The summed E-state index contributed by atoms with van der Waals surface area (Å²) in [4.78, 5) is 12.8. The Hall–Kier alpha value is -3.56. The standard InChI is InChI=1S/C26H28ClN3O5S/c1-18(2)35-22-10-7-20(8-11-22)16-28-29-26(31)17-30(21-9-14-25(34-4)24(27)15-21)36(32,33)23-12-5-19(3)6-13-23/h5-16,18H,17H2,1-4H3,(H,29,31)/b28-16-. The van der Waals surface area contributed by atoms with Gasteiger partial charge in [0.15, 0.2) is 0 Å². The molecule has 1 N–H and O–H groups in total. The molecule has 3 aromatic rings. The van der Waals surface area contributed by atoms with Crippen LogP contribution in [0.4, 0.5) is 5.69 Å². The van der Waals surface area contributed by atoms with Crippen LogP contribution in [0.1, 0.15) is 25.0 Å². The Morgan fingerprint density at radius 2 is 1.75 bits per heavy atom. The van der Waals surface area contributed by atoms with Gasteiger partial charge in [-0.25, -0.2) is 13.8 Å². The molecule has 190 valence electrons. The van der Waals surface area contributed by atoms with Crippen molar-refractivity contribution < 1.29 is 22.7 Å². The predicted molar refractivity (Wildman–Crippen MR) is 142 cm³/mol. The third kappa shape index (κ3) is 6.99. The smallest absolute Gasteiger partial charge is 0.264 e. The summed E-state index contributed by atoms with van der Waals surface area (Å²) >= 11 is 6.24. The number of hydrogen-bond donors (Lipinski definition) is 1. The van der Waals surface area contributed by atoms with Gasteiger partial charge in [0.25, 0.3) is 15.9 Å². The third-order valence-corrected chi connectivity index (χ3v) is 7.06. The number of methoxy groups -OCH3 is 1. The first-order chi connectivity index (χ1) is 17.1. The number of carbonyl (C=O) groups excluding carboxylic acids is 1. The molecular formula is C26H28ClN3O5S. The lowest BCUT2D eigenvalue weighted by Gasteiger charge is -2.24. The van der Waals surface area contributed by atoms with Gasteiger partial charge in [0.2, 0.25) is 0 Å². The number of amides is 1. The number of carbonyl (C=O) groups is 1. The summed E-state index contributed by atoms with van der Waals surface area (Å²) in [5.74, 6) is 0.474. The van der Waals surface area contributed by atoms with Crippen molar-refractivity contribution in [2.45, 2.75) is 31.8 Å². The Morgan fingerprint density at radius 1 is 1.08 bits per heavy atom. The quantitative estimate of drug-likeness (QED) is 0.301. The van der Waals surface area contributed by atoms with Crippen molar-refractivity contribution in [1.29, 1.82) is 0 Å². The molecule has 0 atom stereocenters. The van der Waals surface area contributed by atoms with Gasteiger partial charge >= 0.3 is 0 Å². The average molecular weight is 530 g/mol. The van der Waals surface area contributed by atoms with Gasteiger partial charge in [0.05, 0.1) is 35.0 Å². The number of hydrogen-bond acceptors (Lipinski definition) is 6. The second-order valence-electron chi connectivity index (χ2n) is 8.17. The van der Waals surface area contributed by atoms with E-state index < -0.39 is 22.5 Å². The van der Waals surface area contributed by atoms with E-state index in [1.54, 1.807) is 36.4 Å². The van der Waals surface area contributed by atoms with E-state index in [9.17, 15) is 13.2 Å². The highest BCUT2D eigenvalue weighted by Crippen LogP contribution is 2.32. The molecule has 0 spiro atoms. The third-order valence-electron chi connectivity index (χ3n) is 4.97. The lowest BCUT2D eigenvalue weighted by atomic mass is 10.2. The minimum absolute atomic E-state index is 0.0417. The molecule has 8 nitrogen and oxygen atoms in total. The van der Waals surface area contributed by atoms with Gasteiger partial charge in [-0.05, 0) is 80.9 Å². The molecule has 36 heavy (non-hydrogen) atoms. The number of nitrogens with one attached hydrogen (secondary N) is 1. The minimum atomic E-state index is -4.09. The molecule has 0 radical (unpaired) electrons. The van der Waals surface area contributed by atoms with Crippen molar-refractivity contribution in [1.82, 2.24) is 5.43 Å². The lowest BCUT2D eigenvalue weighted by Crippen LogP contribution is -2.39. The summed E-state index contributed by atoms with van der Waals surface area (Å²) in [5, 5.41) is 4.17. The van der Waals surface area contributed by atoms with Gasteiger partial charge in [0, 0.05) is 0 Å². The van der Waals surface area contributed by atoms with E-state index in [4.69, 9.17) is 21.1 Å². The van der Waals surface area contributed by atoms with Crippen LogP contribution in [0.15, 0.2) is 76.7 Å². The van der Waals surface area contributed by atoms with E-state index in [0.717, 1.165) is 21.2 Å². The number of aryl methyl sites for hydroxylation is 1. The Bertz CT molecular complexity index is 1320. The first-order valence-electron chi connectivity index (χ1n) is 11.1. The number of sulfonamides is 1. The summed E-state index contributed by atoms with van der Waals surface area (Å²) in [5.41, 5.74) is 4.23. The van der Waals surface area contributed by atoms with Crippen LogP contribution in [0, 0.1) is 6.92 Å². The first-order valence-corrected chi connectivity index (χ1v) is 12.9. The van der Waals surface area contributed by atoms with Crippen LogP contribution in [-0.2, 0) is 14.8 Å². The number of halogens is 1. The van der Waals surface area contributed by atoms with Crippen molar-refractivity contribution in [3.05, 3.63) is 82.9 Å². The number of hydrazone groups is 1. The fraction of sp³-hybridized carbons (Fsp3) is 0.231. The molecule has 0 aliphatic heterocycles. The lowest BCUT2D eigenvalue weighted by molar-refractivity contribution is -0.119. The summed E-state index contributed by atoms with van der Waals surface area (Å²) in [6.07, 6.45) is 1.52. The number of ether oxygens (including phenoxy) is 2. The highest BCUT2D eigenvalue weighted by atomic mass is 35.5. The molecule has 0 aliphatic rings. The normalized spacial score (nSPS) is 11.5. The van der Waals surface area contributed by atoms with Crippen molar-refractivity contribution >= 4 is 39.4 Å². The zero-order chi connectivity index (χ0) is 26.3. The van der Waals surface area contributed by atoms with Crippen molar-refractivity contribution in [3.63, 3.8) is 0 Å². The average Bonchev–Trinajstić information content (AvgIpc) is 2.83. The minimum Gasteiger partial charge on any atom is -0.495 e. The predicted octanol–water partition coefficient (Wildman–Crippen LogP) is 4.79. The maximum Gasteiger partial charge on any atom is 0.264 e. The summed E-state index contributed by atoms with van der Waals surface area (Å²) in [6.45, 7) is 5.21. The van der Waals surface area contributed by atoms with Crippen LogP contribution < -0.4 is 19.2 Å². The van der Waals surface area contributed by atoms with Gasteiger partial charge < -0.3 is 9.47 Å². The molecule has 3 aromatic carbocycles. The summed E-state index contributed by atoms with van der Waals surface area (Å²) in [7, 11) is -2.63. The first kappa shape index (κ1) is 27.0. The Labute approximate surface area is 216 Å².